The summed E-state index contributed by atoms with van der Waals surface area (Å²) in [6.07, 6.45) is 0.455. The minimum absolute atomic E-state index is 0.0269. The van der Waals surface area contributed by atoms with Gasteiger partial charge in [0.05, 0.1) is 6.10 Å². The van der Waals surface area contributed by atoms with Crippen LogP contribution in [0.5, 0.6) is 0 Å². The highest BCUT2D eigenvalue weighted by Crippen LogP contribution is 2.00. The lowest BCUT2D eigenvalue weighted by Gasteiger charge is -2.20. The Kier molecular flexibility index (Phi) is 6.23. The summed E-state index contributed by atoms with van der Waals surface area (Å²) in [4.78, 5) is 2.05. The smallest absolute Gasteiger partial charge is 0.143 e. The highest BCUT2D eigenvalue weighted by atomic mass is 16.4. The second kappa shape index (κ2) is 6.62. The highest BCUT2D eigenvalue weighted by Gasteiger charge is 2.10. The lowest BCUT2D eigenvalue weighted by molar-refractivity contribution is 0.162. The number of rotatable bonds is 6. The van der Waals surface area contributed by atoms with Gasteiger partial charge in [-0.3, -0.25) is 0 Å². The SMILES string of the molecule is CC(O)CCN(C)CC(C)C(N)=NO. The van der Waals surface area contributed by atoms with Gasteiger partial charge in [0.1, 0.15) is 5.84 Å². The molecule has 0 saturated heterocycles. The fourth-order valence-corrected chi connectivity index (χ4v) is 1.16. The zero-order valence-corrected chi connectivity index (χ0v) is 9.14. The van der Waals surface area contributed by atoms with Gasteiger partial charge in [0.25, 0.3) is 0 Å². The van der Waals surface area contributed by atoms with Gasteiger partial charge in [-0.1, -0.05) is 12.1 Å². The van der Waals surface area contributed by atoms with Crippen LogP contribution in [0.4, 0.5) is 0 Å². The van der Waals surface area contributed by atoms with Crippen molar-refractivity contribution < 1.29 is 10.3 Å². The van der Waals surface area contributed by atoms with Gasteiger partial charge in [0, 0.05) is 19.0 Å². The summed E-state index contributed by atoms with van der Waals surface area (Å²) >= 11 is 0. The third-order valence-corrected chi connectivity index (χ3v) is 2.13. The zero-order valence-electron chi connectivity index (χ0n) is 9.14. The molecular formula is C9H21N3O2. The molecule has 0 rings (SSSR count). The first-order valence-electron chi connectivity index (χ1n) is 4.81. The van der Waals surface area contributed by atoms with Crippen molar-refractivity contribution in [1.29, 1.82) is 0 Å². The van der Waals surface area contributed by atoms with Crippen LogP contribution in [0.2, 0.25) is 0 Å². The van der Waals surface area contributed by atoms with Crippen LogP contribution < -0.4 is 5.73 Å². The fraction of sp³-hybridized carbons (Fsp3) is 0.889. The van der Waals surface area contributed by atoms with Crippen molar-refractivity contribution >= 4 is 5.84 Å². The summed E-state index contributed by atoms with van der Waals surface area (Å²) in [5, 5.41) is 20.5. The monoisotopic (exact) mass is 203 g/mol. The molecule has 0 aromatic heterocycles. The summed E-state index contributed by atoms with van der Waals surface area (Å²) in [5.41, 5.74) is 5.44. The number of hydrogen-bond donors (Lipinski definition) is 3. The zero-order chi connectivity index (χ0) is 11.1. The second-order valence-corrected chi connectivity index (χ2v) is 3.83. The Hall–Kier alpha value is -0.810. The van der Waals surface area contributed by atoms with E-state index < -0.39 is 0 Å². The molecule has 0 saturated carbocycles. The van der Waals surface area contributed by atoms with Crippen molar-refractivity contribution in [3.05, 3.63) is 0 Å². The Labute approximate surface area is 85.2 Å². The summed E-state index contributed by atoms with van der Waals surface area (Å²) in [6, 6.07) is 0. The molecule has 2 atom stereocenters. The molecule has 14 heavy (non-hydrogen) atoms. The first kappa shape index (κ1) is 13.2. The Morgan fingerprint density at radius 1 is 1.50 bits per heavy atom. The van der Waals surface area contributed by atoms with E-state index in [0.717, 1.165) is 19.5 Å². The van der Waals surface area contributed by atoms with Crippen LogP contribution in [0, 0.1) is 5.92 Å². The third kappa shape index (κ3) is 5.77. The Balaban J connectivity index is 3.76. The minimum Gasteiger partial charge on any atom is -0.409 e. The molecule has 0 fully saturated rings. The first-order valence-corrected chi connectivity index (χ1v) is 4.81. The van der Waals surface area contributed by atoms with Gasteiger partial charge in [0.15, 0.2) is 0 Å². The maximum atomic E-state index is 9.08. The van der Waals surface area contributed by atoms with Crippen LogP contribution in [-0.2, 0) is 0 Å². The predicted octanol–water partition coefficient (Wildman–Crippen LogP) is 0.0716. The maximum Gasteiger partial charge on any atom is 0.143 e. The Bertz CT molecular complexity index is 183. The predicted molar refractivity (Wildman–Crippen MR) is 56.4 cm³/mol. The van der Waals surface area contributed by atoms with Gasteiger partial charge in [-0.05, 0) is 20.4 Å². The normalized spacial score (nSPS) is 17.1. The van der Waals surface area contributed by atoms with E-state index in [-0.39, 0.29) is 17.9 Å². The van der Waals surface area contributed by atoms with Crippen LogP contribution in [0.3, 0.4) is 0 Å². The summed E-state index contributed by atoms with van der Waals surface area (Å²) < 4.78 is 0. The lowest BCUT2D eigenvalue weighted by atomic mass is 10.1. The fourth-order valence-electron chi connectivity index (χ4n) is 1.16. The first-order chi connectivity index (χ1) is 6.47. The maximum absolute atomic E-state index is 9.08. The average Bonchev–Trinajstić information content (AvgIpc) is 2.13. The molecule has 0 aromatic rings. The standard InChI is InChI=1S/C9H21N3O2/c1-7(9(10)11-14)6-12(3)5-4-8(2)13/h7-8,13-14H,4-6H2,1-3H3,(H2,10,11). The highest BCUT2D eigenvalue weighted by molar-refractivity contribution is 5.82. The average molecular weight is 203 g/mol. The van der Waals surface area contributed by atoms with Crippen LogP contribution in [0.25, 0.3) is 0 Å². The van der Waals surface area contributed by atoms with E-state index >= 15 is 0 Å². The van der Waals surface area contributed by atoms with Crippen molar-refractivity contribution in [2.45, 2.75) is 26.4 Å². The van der Waals surface area contributed by atoms with E-state index in [2.05, 4.69) is 10.1 Å². The van der Waals surface area contributed by atoms with Crippen molar-refractivity contribution in [3.8, 4) is 0 Å². The molecule has 0 amide bonds. The van der Waals surface area contributed by atoms with Crippen LogP contribution >= 0.6 is 0 Å². The molecule has 0 aromatic carbocycles. The van der Waals surface area contributed by atoms with Crippen molar-refractivity contribution in [2.75, 3.05) is 20.1 Å². The molecule has 0 aliphatic heterocycles. The minimum atomic E-state index is -0.281. The van der Waals surface area contributed by atoms with Gasteiger partial charge < -0.3 is 20.9 Å². The molecule has 5 heteroatoms. The van der Waals surface area contributed by atoms with E-state index in [0.29, 0.717) is 0 Å². The molecule has 0 aliphatic carbocycles. The van der Waals surface area contributed by atoms with Gasteiger partial charge in [-0.25, -0.2) is 0 Å². The summed E-state index contributed by atoms with van der Waals surface area (Å²) in [6.45, 7) is 5.19. The molecule has 4 N–H and O–H groups in total. The van der Waals surface area contributed by atoms with Crippen LogP contribution in [-0.4, -0.2) is 47.3 Å². The number of nitrogens with zero attached hydrogens (tertiary/aromatic N) is 2. The quantitative estimate of drug-likeness (QED) is 0.247. The molecule has 0 aliphatic rings. The van der Waals surface area contributed by atoms with Crippen molar-refractivity contribution in [1.82, 2.24) is 4.90 Å². The number of nitrogens with two attached hydrogens (primary N) is 1. The summed E-state index contributed by atoms with van der Waals surface area (Å²) in [7, 11) is 1.95. The molecular weight excluding hydrogens is 182 g/mol. The van der Waals surface area contributed by atoms with Crippen LogP contribution in [0.1, 0.15) is 20.3 Å². The van der Waals surface area contributed by atoms with E-state index in [1.807, 2.05) is 14.0 Å². The van der Waals surface area contributed by atoms with Gasteiger partial charge in [-0.2, -0.15) is 0 Å². The molecule has 0 heterocycles. The Morgan fingerprint density at radius 3 is 2.50 bits per heavy atom. The molecule has 0 bridgehead atoms. The van der Waals surface area contributed by atoms with Gasteiger partial charge in [0.2, 0.25) is 0 Å². The van der Waals surface area contributed by atoms with Crippen molar-refractivity contribution in [3.63, 3.8) is 0 Å². The lowest BCUT2D eigenvalue weighted by Crippen LogP contribution is -2.33. The summed E-state index contributed by atoms with van der Waals surface area (Å²) in [5.74, 6) is 0.271. The topological polar surface area (TPSA) is 82.1 Å². The van der Waals surface area contributed by atoms with Gasteiger partial charge in [-0.15, -0.1) is 0 Å². The molecule has 0 radical (unpaired) electrons. The number of aliphatic hydroxyl groups is 1. The Morgan fingerprint density at radius 2 is 2.07 bits per heavy atom. The number of oxime groups is 1. The number of hydrogen-bond acceptors (Lipinski definition) is 4. The van der Waals surface area contributed by atoms with E-state index in [4.69, 9.17) is 16.0 Å². The molecule has 5 nitrogen and oxygen atoms in total. The molecule has 0 spiro atoms. The van der Waals surface area contributed by atoms with Crippen molar-refractivity contribution in [2.24, 2.45) is 16.8 Å². The largest absolute Gasteiger partial charge is 0.409 e. The number of amidine groups is 1. The van der Waals surface area contributed by atoms with Gasteiger partial charge >= 0.3 is 0 Å². The van der Waals surface area contributed by atoms with E-state index in [9.17, 15) is 0 Å². The second-order valence-electron chi connectivity index (χ2n) is 3.83. The van der Waals surface area contributed by atoms with Crippen LogP contribution in [0.15, 0.2) is 5.16 Å². The third-order valence-electron chi connectivity index (χ3n) is 2.13. The molecule has 84 valence electrons. The number of aliphatic hydroxyl groups excluding tert-OH is 1. The van der Waals surface area contributed by atoms with E-state index in [1.165, 1.54) is 0 Å². The van der Waals surface area contributed by atoms with E-state index in [1.54, 1.807) is 6.92 Å². The molecule has 2 unspecified atom stereocenters.